The maximum Gasteiger partial charge on any atom is 0.296 e. The highest BCUT2D eigenvalue weighted by molar-refractivity contribution is 5.80. The number of hydrogen-bond acceptors (Lipinski definition) is 6. The maximum atomic E-state index is 5.30. The lowest BCUT2D eigenvalue weighted by Crippen LogP contribution is -1.92. The second kappa shape index (κ2) is 5.35. The van der Waals surface area contributed by atoms with Crippen LogP contribution >= 0.6 is 0 Å². The van der Waals surface area contributed by atoms with Crippen molar-refractivity contribution in [3.63, 3.8) is 0 Å². The molecule has 116 valence electrons. The summed E-state index contributed by atoms with van der Waals surface area (Å²) in [4.78, 5) is 11.6. The normalized spacial score (nSPS) is 11.6. The molecule has 3 aromatic heterocycles. The number of benzene rings is 1. The second-order valence-corrected chi connectivity index (χ2v) is 5.84. The molecule has 0 bridgehead atoms. The zero-order valence-corrected chi connectivity index (χ0v) is 12.8. The van der Waals surface area contributed by atoms with Crippen LogP contribution in [0.4, 0.5) is 0 Å². The summed E-state index contributed by atoms with van der Waals surface area (Å²) in [6, 6.07) is 7.59. The molecule has 0 amide bonds. The van der Waals surface area contributed by atoms with E-state index in [4.69, 9.17) is 9.05 Å². The monoisotopic (exact) mass is 309 g/mol. The number of nitrogens with zero attached hydrogens (tertiary/aromatic N) is 4. The smallest absolute Gasteiger partial charge is 0.296 e. The molecule has 0 unspecified atom stereocenters. The second-order valence-electron chi connectivity index (χ2n) is 5.84. The fourth-order valence-corrected chi connectivity index (χ4v) is 2.44. The third kappa shape index (κ3) is 2.61. The minimum absolute atomic E-state index is 0.326. The third-order valence-corrected chi connectivity index (χ3v) is 3.49. The number of fused-ring (bicyclic) bond motifs is 1. The Bertz CT molecular complexity index is 950. The minimum Gasteiger partial charge on any atom is -0.351 e. The average molecular weight is 309 g/mol. The van der Waals surface area contributed by atoms with Crippen molar-refractivity contribution in [1.82, 2.24) is 25.3 Å². The van der Waals surface area contributed by atoms with E-state index < -0.39 is 0 Å². The molecule has 4 rings (SSSR count). The average Bonchev–Trinajstić information content (AvgIpc) is 3.25. The standard InChI is InChI=1S/C16H15N5O2/c1-9(2)5-11-7-14(22-20-11)16-19-15(21-23-16)10-3-4-12-13(6-10)18-8-17-12/h3-4,6-9H,5H2,1-2H3,(H,17,18). The Labute approximate surface area is 131 Å². The van der Waals surface area contributed by atoms with E-state index in [0.717, 1.165) is 28.7 Å². The Morgan fingerprint density at radius 1 is 1.13 bits per heavy atom. The number of aromatic nitrogens is 5. The predicted octanol–water partition coefficient (Wildman–Crippen LogP) is 3.47. The van der Waals surface area contributed by atoms with E-state index in [9.17, 15) is 0 Å². The molecule has 7 nitrogen and oxygen atoms in total. The Morgan fingerprint density at radius 3 is 2.91 bits per heavy atom. The van der Waals surface area contributed by atoms with Gasteiger partial charge in [-0.1, -0.05) is 24.2 Å². The van der Waals surface area contributed by atoms with Crippen LogP contribution in [0.15, 0.2) is 39.6 Å². The van der Waals surface area contributed by atoms with Gasteiger partial charge in [0.25, 0.3) is 5.89 Å². The van der Waals surface area contributed by atoms with Crippen LogP contribution in [0.25, 0.3) is 34.1 Å². The van der Waals surface area contributed by atoms with Crippen molar-refractivity contribution in [2.24, 2.45) is 5.92 Å². The number of nitrogens with one attached hydrogen (secondary N) is 1. The van der Waals surface area contributed by atoms with Gasteiger partial charge in [0.05, 0.1) is 23.1 Å². The molecule has 3 heterocycles. The van der Waals surface area contributed by atoms with Gasteiger partial charge in [-0.25, -0.2) is 4.98 Å². The lowest BCUT2D eigenvalue weighted by molar-refractivity contribution is 0.380. The molecule has 23 heavy (non-hydrogen) atoms. The first-order chi connectivity index (χ1) is 11.2. The van der Waals surface area contributed by atoms with Crippen molar-refractivity contribution < 1.29 is 9.05 Å². The molecule has 0 atom stereocenters. The molecular formula is C16H15N5O2. The lowest BCUT2D eigenvalue weighted by Gasteiger charge is -1.96. The molecule has 0 fully saturated rings. The number of hydrogen-bond donors (Lipinski definition) is 1. The van der Waals surface area contributed by atoms with Crippen LogP contribution in [0.3, 0.4) is 0 Å². The van der Waals surface area contributed by atoms with E-state index in [1.54, 1.807) is 6.33 Å². The Kier molecular flexibility index (Phi) is 3.18. The zero-order valence-electron chi connectivity index (χ0n) is 12.8. The highest BCUT2D eigenvalue weighted by Gasteiger charge is 2.16. The van der Waals surface area contributed by atoms with Crippen molar-refractivity contribution in [3.8, 4) is 23.0 Å². The van der Waals surface area contributed by atoms with Gasteiger partial charge in [0.1, 0.15) is 0 Å². The summed E-state index contributed by atoms with van der Waals surface area (Å²) >= 11 is 0. The largest absolute Gasteiger partial charge is 0.351 e. The van der Waals surface area contributed by atoms with E-state index in [1.807, 2.05) is 24.3 Å². The number of rotatable bonds is 4. The number of H-pyrrole nitrogens is 1. The van der Waals surface area contributed by atoms with Gasteiger partial charge in [-0.2, -0.15) is 4.98 Å². The van der Waals surface area contributed by atoms with E-state index in [0.29, 0.717) is 23.4 Å². The Morgan fingerprint density at radius 2 is 2.04 bits per heavy atom. The van der Waals surface area contributed by atoms with Crippen LogP contribution in [0, 0.1) is 5.92 Å². The van der Waals surface area contributed by atoms with E-state index in [-0.39, 0.29) is 0 Å². The van der Waals surface area contributed by atoms with Crippen molar-refractivity contribution in [1.29, 1.82) is 0 Å². The fraction of sp³-hybridized carbons (Fsp3) is 0.250. The molecule has 0 saturated heterocycles. The summed E-state index contributed by atoms with van der Waals surface area (Å²) < 4.78 is 10.6. The van der Waals surface area contributed by atoms with E-state index in [1.165, 1.54) is 0 Å². The van der Waals surface area contributed by atoms with Crippen LogP contribution in [0.5, 0.6) is 0 Å². The SMILES string of the molecule is CC(C)Cc1cc(-c2nc(-c3ccc4nc[nH]c4c3)no2)on1. The highest BCUT2D eigenvalue weighted by atomic mass is 16.5. The topological polar surface area (TPSA) is 93.6 Å². The van der Waals surface area contributed by atoms with E-state index in [2.05, 4.69) is 39.1 Å². The first kappa shape index (κ1) is 13.7. The van der Waals surface area contributed by atoms with Gasteiger partial charge in [0.2, 0.25) is 11.6 Å². The van der Waals surface area contributed by atoms with Gasteiger partial charge in [-0.3, -0.25) is 0 Å². The Hall–Kier alpha value is -2.96. The van der Waals surface area contributed by atoms with Crippen molar-refractivity contribution in [2.45, 2.75) is 20.3 Å². The molecule has 0 saturated carbocycles. The van der Waals surface area contributed by atoms with Crippen LogP contribution in [-0.2, 0) is 6.42 Å². The maximum absolute atomic E-state index is 5.30. The molecular weight excluding hydrogens is 294 g/mol. The molecule has 1 N–H and O–H groups in total. The fourth-order valence-electron chi connectivity index (χ4n) is 2.44. The molecule has 0 aliphatic carbocycles. The summed E-state index contributed by atoms with van der Waals surface area (Å²) in [6.07, 6.45) is 2.50. The Balaban J connectivity index is 1.64. The van der Waals surface area contributed by atoms with Gasteiger partial charge in [0.15, 0.2) is 0 Å². The summed E-state index contributed by atoms with van der Waals surface area (Å²) in [6.45, 7) is 4.26. The summed E-state index contributed by atoms with van der Waals surface area (Å²) in [7, 11) is 0. The van der Waals surface area contributed by atoms with E-state index >= 15 is 0 Å². The molecule has 0 radical (unpaired) electrons. The first-order valence-electron chi connectivity index (χ1n) is 7.42. The van der Waals surface area contributed by atoms with Gasteiger partial charge in [-0.05, 0) is 30.5 Å². The first-order valence-corrected chi connectivity index (χ1v) is 7.42. The summed E-state index contributed by atoms with van der Waals surface area (Å²) in [5, 5.41) is 8.05. The molecule has 0 aliphatic heterocycles. The lowest BCUT2D eigenvalue weighted by atomic mass is 10.1. The summed E-state index contributed by atoms with van der Waals surface area (Å²) in [5.41, 5.74) is 3.55. The van der Waals surface area contributed by atoms with Gasteiger partial charge in [0, 0.05) is 11.6 Å². The molecule has 0 spiro atoms. The van der Waals surface area contributed by atoms with Crippen molar-refractivity contribution >= 4 is 11.0 Å². The molecule has 4 aromatic rings. The highest BCUT2D eigenvalue weighted by Crippen LogP contribution is 2.25. The minimum atomic E-state index is 0.326. The molecule has 1 aromatic carbocycles. The van der Waals surface area contributed by atoms with Crippen molar-refractivity contribution in [3.05, 3.63) is 36.3 Å². The predicted molar refractivity (Wildman–Crippen MR) is 83.4 cm³/mol. The molecule has 7 heteroatoms. The number of imidazole rings is 1. The van der Waals surface area contributed by atoms with Gasteiger partial charge in [-0.15, -0.1) is 0 Å². The quantitative estimate of drug-likeness (QED) is 0.620. The zero-order chi connectivity index (χ0) is 15.8. The third-order valence-electron chi connectivity index (χ3n) is 3.49. The van der Waals surface area contributed by atoms with Crippen LogP contribution in [0.2, 0.25) is 0 Å². The van der Waals surface area contributed by atoms with Crippen LogP contribution in [0.1, 0.15) is 19.5 Å². The molecule has 0 aliphatic rings. The van der Waals surface area contributed by atoms with Crippen molar-refractivity contribution in [2.75, 3.05) is 0 Å². The van der Waals surface area contributed by atoms with Gasteiger partial charge < -0.3 is 14.0 Å². The van der Waals surface area contributed by atoms with Gasteiger partial charge >= 0.3 is 0 Å². The van der Waals surface area contributed by atoms with Crippen LogP contribution < -0.4 is 0 Å². The number of aromatic amines is 1. The van der Waals surface area contributed by atoms with Crippen LogP contribution in [-0.4, -0.2) is 25.3 Å². The summed E-state index contributed by atoms with van der Waals surface area (Å²) in [5.74, 6) is 1.82.